The van der Waals surface area contributed by atoms with Crippen molar-refractivity contribution in [3.8, 4) is 0 Å². The van der Waals surface area contributed by atoms with Crippen LogP contribution < -0.4 is 5.32 Å². The Kier molecular flexibility index (Phi) is 3.31. The summed E-state index contributed by atoms with van der Waals surface area (Å²) in [5.74, 6) is 1.68. The lowest BCUT2D eigenvalue weighted by Crippen LogP contribution is -2.25. The van der Waals surface area contributed by atoms with Crippen molar-refractivity contribution in [1.29, 1.82) is 0 Å². The van der Waals surface area contributed by atoms with E-state index in [1.807, 2.05) is 12.1 Å². The first kappa shape index (κ1) is 11.8. The van der Waals surface area contributed by atoms with Gasteiger partial charge in [0.05, 0.1) is 0 Å². The van der Waals surface area contributed by atoms with Crippen molar-refractivity contribution in [2.24, 2.45) is 11.8 Å². The molecular formula is C13H16Cl2N2. The first-order chi connectivity index (χ1) is 8.20. The number of nitrogens with zero attached hydrogens (tertiary/aromatic N) is 1. The monoisotopic (exact) mass is 270 g/mol. The summed E-state index contributed by atoms with van der Waals surface area (Å²) in [6, 6.07) is 5.81. The summed E-state index contributed by atoms with van der Waals surface area (Å²) in [5, 5.41) is 4.92. The van der Waals surface area contributed by atoms with Crippen LogP contribution in [-0.4, -0.2) is 31.1 Å². The molecule has 0 aliphatic carbocycles. The number of rotatable bonds is 2. The molecule has 2 nitrogen and oxygen atoms in total. The number of likely N-dealkylation sites (tertiary alicyclic amines) is 1. The Morgan fingerprint density at radius 1 is 1.06 bits per heavy atom. The van der Waals surface area contributed by atoms with Crippen LogP contribution in [0.25, 0.3) is 0 Å². The van der Waals surface area contributed by atoms with Crippen LogP contribution in [0.4, 0.5) is 0 Å². The highest BCUT2D eigenvalue weighted by Gasteiger charge is 2.35. The molecule has 2 atom stereocenters. The highest BCUT2D eigenvalue weighted by molar-refractivity contribution is 6.34. The molecule has 2 heterocycles. The lowest BCUT2D eigenvalue weighted by atomic mass is 10.0. The van der Waals surface area contributed by atoms with E-state index >= 15 is 0 Å². The van der Waals surface area contributed by atoms with E-state index in [9.17, 15) is 0 Å². The van der Waals surface area contributed by atoms with Gasteiger partial charge in [0.1, 0.15) is 0 Å². The average Bonchev–Trinajstić information content (AvgIpc) is 2.75. The van der Waals surface area contributed by atoms with Crippen molar-refractivity contribution in [3.63, 3.8) is 0 Å². The maximum absolute atomic E-state index is 6.02. The van der Waals surface area contributed by atoms with Crippen LogP contribution in [0, 0.1) is 11.8 Å². The molecule has 1 N–H and O–H groups in total. The minimum atomic E-state index is 0.730. The Morgan fingerprint density at radius 3 is 2.24 bits per heavy atom. The van der Waals surface area contributed by atoms with E-state index in [1.54, 1.807) is 6.07 Å². The molecule has 1 aromatic carbocycles. The zero-order chi connectivity index (χ0) is 11.8. The van der Waals surface area contributed by atoms with E-state index in [-0.39, 0.29) is 0 Å². The molecule has 0 bridgehead atoms. The van der Waals surface area contributed by atoms with Crippen molar-refractivity contribution >= 4 is 23.2 Å². The number of hydrogen-bond acceptors (Lipinski definition) is 2. The molecule has 0 amide bonds. The second kappa shape index (κ2) is 4.77. The zero-order valence-corrected chi connectivity index (χ0v) is 11.1. The smallest absolute Gasteiger partial charge is 0.0424 e. The summed E-state index contributed by atoms with van der Waals surface area (Å²) in [5.41, 5.74) is 1.22. The third-order valence-electron chi connectivity index (χ3n) is 3.79. The maximum Gasteiger partial charge on any atom is 0.0424 e. The van der Waals surface area contributed by atoms with Crippen LogP contribution in [0.2, 0.25) is 10.0 Å². The second-order valence-corrected chi connectivity index (χ2v) is 6.02. The molecule has 2 fully saturated rings. The average molecular weight is 271 g/mol. The van der Waals surface area contributed by atoms with E-state index in [1.165, 1.54) is 31.7 Å². The van der Waals surface area contributed by atoms with Crippen molar-refractivity contribution in [3.05, 3.63) is 33.8 Å². The second-order valence-electron chi connectivity index (χ2n) is 5.15. The van der Waals surface area contributed by atoms with Crippen molar-refractivity contribution in [1.82, 2.24) is 10.2 Å². The van der Waals surface area contributed by atoms with Crippen LogP contribution in [0.5, 0.6) is 0 Å². The van der Waals surface area contributed by atoms with Gasteiger partial charge in [0, 0.05) is 29.7 Å². The van der Waals surface area contributed by atoms with Crippen molar-refractivity contribution in [2.45, 2.75) is 6.54 Å². The molecule has 2 aliphatic heterocycles. The summed E-state index contributed by atoms with van der Waals surface area (Å²) in [6.45, 7) is 5.71. The number of benzene rings is 1. The highest BCUT2D eigenvalue weighted by atomic mass is 35.5. The fourth-order valence-electron chi connectivity index (χ4n) is 3.04. The Morgan fingerprint density at radius 2 is 1.65 bits per heavy atom. The van der Waals surface area contributed by atoms with Crippen LogP contribution in [-0.2, 0) is 6.54 Å². The van der Waals surface area contributed by atoms with Gasteiger partial charge in [0.2, 0.25) is 0 Å². The summed E-state index contributed by atoms with van der Waals surface area (Å²) >= 11 is 12.0. The van der Waals surface area contributed by atoms with Gasteiger partial charge < -0.3 is 5.32 Å². The Labute approximate surface area is 112 Å². The topological polar surface area (TPSA) is 15.3 Å². The molecule has 1 aromatic rings. The highest BCUT2D eigenvalue weighted by Crippen LogP contribution is 2.28. The molecule has 0 saturated carbocycles. The molecule has 92 valence electrons. The summed E-state index contributed by atoms with van der Waals surface area (Å²) in [7, 11) is 0. The standard InChI is InChI=1S/C13H16Cl2N2/c14-12-1-9(2-13(15)3-12)6-17-7-10-4-16-5-11(10)8-17/h1-3,10-11,16H,4-8H2/t10-,11+. The quantitative estimate of drug-likeness (QED) is 0.889. The number of hydrogen-bond donors (Lipinski definition) is 1. The van der Waals surface area contributed by atoms with Gasteiger partial charge in [-0.25, -0.2) is 0 Å². The summed E-state index contributed by atoms with van der Waals surface area (Å²) < 4.78 is 0. The number of fused-ring (bicyclic) bond motifs is 1. The van der Waals surface area contributed by atoms with Crippen LogP contribution in [0.3, 0.4) is 0 Å². The number of nitrogens with one attached hydrogen (secondary N) is 1. The molecule has 0 aromatic heterocycles. The zero-order valence-electron chi connectivity index (χ0n) is 9.63. The molecule has 0 radical (unpaired) electrons. The summed E-state index contributed by atoms with van der Waals surface area (Å²) in [4.78, 5) is 2.51. The number of halogens is 2. The Hall–Kier alpha value is -0.280. The summed E-state index contributed by atoms with van der Waals surface area (Å²) in [6.07, 6.45) is 0. The fourth-order valence-corrected chi connectivity index (χ4v) is 3.61. The van der Waals surface area contributed by atoms with Gasteiger partial charge in [-0.15, -0.1) is 0 Å². The molecule has 4 heteroatoms. The maximum atomic E-state index is 6.02. The molecular weight excluding hydrogens is 255 g/mol. The Bertz CT molecular complexity index is 390. The largest absolute Gasteiger partial charge is 0.316 e. The Balaban J connectivity index is 1.67. The molecule has 0 spiro atoms. The van der Waals surface area contributed by atoms with Gasteiger partial charge in [0.15, 0.2) is 0 Å². The normalized spacial score (nSPS) is 28.6. The van der Waals surface area contributed by atoms with E-state index in [2.05, 4.69) is 10.2 Å². The predicted molar refractivity (Wildman–Crippen MR) is 71.6 cm³/mol. The first-order valence-corrected chi connectivity index (χ1v) is 6.84. The molecule has 0 unspecified atom stereocenters. The van der Waals surface area contributed by atoms with Gasteiger partial charge in [-0.2, -0.15) is 0 Å². The lowest BCUT2D eigenvalue weighted by molar-refractivity contribution is 0.305. The van der Waals surface area contributed by atoms with E-state index < -0.39 is 0 Å². The van der Waals surface area contributed by atoms with Crippen LogP contribution >= 0.6 is 23.2 Å². The van der Waals surface area contributed by atoms with Crippen LogP contribution in [0.1, 0.15) is 5.56 Å². The van der Waals surface area contributed by atoms with Crippen molar-refractivity contribution < 1.29 is 0 Å². The molecule has 2 saturated heterocycles. The van der Waals surface area contributed by atoms with Gasteiger partial charge in [-0.3, -0.25) is 4.90 Å². The minimum absolute atomic E-state index is 0.730. The first-order valence-electron chi connectivity index (χ1n) is 6.09. The lowest BCUT2D eigenvalue weighted by Gasteiger charge is -2.17. The molecule has 2 aliphatic rings. The third kappa shape index (κ3) is 2.60. The van der Waals surface area contributed by atoms with Gasteiger partial charge >= 0.3 is 0 Å². The van der Waals surface area contributed by atoms with E-state index in [0.717, 1.165) is 28.4 Å². The predicted octanol–water partition coefficient (Wildman–Crippen LogP) is 2.64. The van der Waals surface area contributed by atoms with Crippen molar-refractivity contribution in [2.75, 3.05) is 26.2 Å². The van der Waals surface area contributed by atoms with Gasteiger partial charge in [-0.05, 0) is 48.7 Å². The molecule has 3 rings (SSSR count). The minimum Gasteiger partial charge on any atom is -0.316 e. The van der Waals surface area contributed by atoms with E-state index in [4.69, 9.17) is 23.2 Å². The third-order valence-corrected chi connectivity index (χ3v) is 4.23. The van der Waals surface area contributed by atoms with Gasteiger partial charge in [-0.1, -0.05) is 23.2 Å². The SMILES string of the molecule is Clc1cc(Cl)cc(CN2C[C@H]3CNC[C@H]3C2)c1. The van der Waals surface area contributed by atoms with Crippen LogP contribution in [0.15, 0.2) is 18.2 Å². The van der Waals surface area contributed by atoms with E-state index in [0.29, 0.717) is 0 Å². The fraction of sp³-hybridized carbons (Fsp3) is 0.538. The molecule has 17 heavy (non-hydrogen) atoms. The van der Waals surface area contributed by atoms with Gasteiger partial charge in [0.25, 0.3) is 0 Å².